The first-order valence-corrected chi connectivity index (χ1v) is 6.30. The van der Waals surface area contributed by atoms with Crippen LogP contribution in [0.15, 0.2) is 0 Å². The second-order valence-electron chi connectivity index (χ2n) is 3.72. The Labute approximate surface area is 120 Å². The van der Waals surface area contributed by atoms with Crippen molar-refractivity contribution in [3.8, 4) is 0 Å². The molecule has 1 fully saturated rings. The summed E-state index contributed by atoms with van der Waals surface area (Å²) in [6, 6.07) is 0. The van der Waals surface area contributed by atoms with Crippen LogP contribution in [0.5, 0.6) is 0 Å². The molecule has 0 bridgehead atoms. The molecule has 0 atom stereocenters. The molecule has 0 aliphatic carbocycles. The number of ether oxygens (including phenoxy) is 1. The van der Waals surface area contributed by atoms with Crippen LogP contribution in [0.4, 0.5) is 17.3 Å². The molecular weight excluding hydrogens is 290 g/mol. The first-order chi connectivity index (χ1) is 9.51. The topological polar surface area (TPSA) is 128 Å². The summed E-state index contributed by atoms with van der Waals surface area (Å²) in [6.45, 7) is 3.92. The lowest BCUT2D eigenvalue weighted by Gasteiger charge is -2.27. The molecular formula is C10H16ClN5O4. The lowest BCUT2D eigenvalue weighted by molar-refractivity contribution is -0.383. The molecule has 0 aromatic carbocycles. The van der Waals surface area contributed by atoms with E-state index in [-0.39, 0.29) is 29.2 Å². The van der Waals surface area contributed by atoms with E-state index in [4.69, 9.17) is 27.2 Å². The van der Waals surface area contributed by atoms with Gasteiger partial charge >= 0.3 is 5.69 Å². The van der Waals surface area contributed by atoms with Crippen LogP contribution in [0.3, 0.4) is 0 Å². The van der Waals surface area contributed by atoms with Crippen LogP contribution in [0, 0.1) is 10.1 Å². The molecule has 0 saturated carbocycles. The number of halogens is 1. The van der Waals surface area contributed by atoms with E-state index >= 15 is 0 Å². The number of aromatic nitrogens is 2. The number of hydrogen-bond acceptors (Lipinski definition) is 8. The van der Waals surface area contributed by atoms with Gasteiger partial charge in [0.2, 0.25) is 16.9 Å². The molecule has 9 nitrogen and oxygen atoms in total. The van der Waals surface area contributed by atoms with Gasteiger partial charge in [-0.05, 0) is 18.5 Å². The third-order valence-electron chi connectivity index (χ3n) is 2.36. The number of nitrogen functional groups attached to an aromatic ring is 1. The SMILES string of the molecule is CCO.Nc1nc(Cl)nc(N2CCOCC2)c1[N+](=O)[O-]. The van der Waals surface area contributed by atoms with E-state index in [1.54, 1.807) is 11.8 Å². The van der Waals surface area contributed by atoms with E-state index in [0.717, 1.165) is 0 Å². The summed E-state index contributed by atoms with van der Waals surface area (Å²) in [5, 5.41) is 18.4. The van der Waals surface area contributed by atoms with Crippen molar-refractivity contribution in [1.29, 1.82) is 0 Å². The Balaban J connectivity index is 0.000000612. The van der Waals surface area contributed by atoms with Crippen LogP contribution < -0.4 is 10.6 Å². The van der Waals surface area contributed by atoms with Crippen LogP contribution in [0.25, 0.3) is 0 Å². The number of nitrogens with zero attached hydrogens (tertiary/aromatic N) is 4. The molecule has 1 aliphatic rings. The van der Waals surface area contributed by atoms with Crippen molar-refractivity contribution in [2.75, 3.05) is 43.5 Å². The molecule has 0 spiro atoms. The zero-order valence-corrected chi connectivity index (χ0v) is 11.7. The zero-order chi connectivity index (χ0) is 15.1. The number of aliphatic hydroxyl groups is 1. The molecule has 20 heavy (non-hydrogen) atoms. The maximum Gasteiger partial charge on any atom is 0.353 e. The summed E-state index contributed by atoms with van der Waals surface area (Å²) in [7, 11) is 0. The fourth-order valence-corrected chi connectivity index (χ4v) is 1.77. The Morgan fingerprint density at radius 2 is 2.05 bits per heavy atom. The van der Waals surface area contributed by atoms with Crippen LogP contribution in [0.2, 0.25) is 5.28 Å². The van der Waals surface area contributed by atoms with Crippen molar-refractivity contribution < 1.29 is 14.8 Å². The predicted molar refractivity (Wildman–Crippen MR) is 73.9 cm³/mol. The first kappa shape index (κ1) is 16.3. The summed E-state index contributed by atoms with van der Waals surface area (Å²) in [5.41, 5.74) is 5.19. The third kappa shape index (κ3) is 4.15. The van der Waals surface area contributed by atoms with E-state index in [9.17, 15) is 10.1 Å². The highest BCUT2D eigenvalue weighted by molar-refractivity contribution is 6.28. The Morgan fingerprint density at radius 1 is 1.50 bits per heavy atom. The Hall–Kier alpha value is -1.71. The highest BCUT2D eigenvalue weighted by Gasteiger charge is 2.27. The van der Waals surface area contributed by atoms with E-state index in [1.807, 2.05) is 0 Å². The number of aliphatic hydroxyl groups excluding tert-OH is 1. The van der Waals surface area contributed by atoms with Gasteiger partial charge in [0.1, 0.15) is 0 Å². The predicted octanol–water partition coefficient (Wildman–Crippen LogP) is 0.456. The normalized spacial score (nSPS) is 14.4. The van der Waals surface area contributed by atoms with Gasteiger partial charge in [0.15, 0.2) is 0 Å². The van der Waals surface area contributed by atoms with E-state index in [2.05, 4.69) is 9.97 Å². The molecule has 112 valence electrons. The average molecular weight is 306 g/mol. The van der Waals surface area contributed by atoms with Crippen LogP contribution in [-0.4, -0.2) is 52.9 Å². The number of morpholine rings is 1. The van der Waals surface area contributed by atoms with E-state index in [1.165, 1.54) is 0 Å². The van der Waals surface area contributed by atoms with Crippen molar-refractivity contribution in [1.82, 2.24) is 9.97 Å². The minimum atomic E-state index is -0.601. The number of anilines is 2. The summed E-state index contributed by atoms with van der Waals surface area (Å²) in [5.74, 6) is -0.0766. The van der Waals surface area contributed by atoms with Gasteiger partial charge in [-0.25, -0.2) is 0 Å². The molecule has 2 rings (SSSR count). The lowest BCUT2D eigenvalue weighted by Crippen LogP contribution is -2.37. The van der Waals surface area contributed by atoms with E-state index < -0.39 is 4.92 Å². The number of rotatable bonds is 2. The molecule has 1 aliphatic heterocycles. The first-order valence-electron chi connectivity index (χ1n) is 5.92. The highest BCUT2D eigenvalue weighted by Crippen LogP contribution is 2.32. The van der Waals surface area contributed by atoms with Crippen molar-refractivity contribution in [2.24, 2.45) is 0 Å². The fraction of sp³-hybridized carbons (Fsp3) is 0.600. The molecule has 1 saturated heterocycles. The molecule has 10 heteroatoms. The van der Waals surface area contributed by atoms with Crippen LogP contribution in [-0.2, 0) is 4.74 Å². The molecule has 0 amide bonds. The molecule has 3 N–H and O–H groups in total. The number of nitrogens with two attached hydrogens (primary N) is 1. The fourth-order valence-electron chi connectivity index (χ4n) is 1.60. The van der Waals surface area contributed by atoms with Gasteiger partial charge < -0.3 is 20.5 Å². The maximum absolute atomic E-state index is 10.9. The molecule has 1 aromatic rings. The van der Waals surface area contributed by atoms with Crippen molar-refractivity contribution in [2.45, 2.75) is 6.92 Å². The summed E-state index contributed by atoms with van der Waals surface area (Å²) in [6.07, 6.45) is 0. The van der Waals surface area contributed by atoms with Crippen molar-refractivity contribution in [3.05, 3.63) is 15.4 Å². The zero-order valence-electron chi connectivity index (χ0n) is 11.0. The average Bonchev–Trinajstić information content (AvgIpc) is 2.39. The number of nitro groups is 1. The largest absolute Gasteiger partial charge is 0.397 e. The van der Waals surface area contributed by atoms with Gasteiger partial charge in [0.25, 0.3) is 0 Å². The van der Waals surface area contributed by atoms with Gasteiger partial charge in [0, 0.05) is 19.7 Å². The standard InChI is InChI=1S/C8H10ClN5O3.C2H6O/c9-8-11-6(10)5(14(15)16)7(12-8)13-1-3-17-4-2-13;1-2-3/h1-4H2,(H2,10,11,12);3H,2H2,1H3. The van der Waals surface area contributed by atoms with Gasteiger partial charge in [-0.15, -0.1) is 0 Å². The van der Waals surface area contributed by atoms with Crippen molar-refractivity contribution >= 4 is 28.9 Å². The number of hydrogen-bond donors (Lipinski definition) is 2. The summed E-state index contributed by atoms with van der Waals surface area (Å²) < 4.78 is 5.16. The highest BCUT2D eigenvalue weighted by atomic mass is 35.5. The van der Waals surface area contributed by atoms with Crippen LogP contribution >= 0.6 is 11.6 Å². The Bertz CT molecular complexity index is 467. The second-order valence-corrected chi connectivity index (χ2v) is 4.06. The Morgan fingerprint density at radius 3 is 2.55 bits per heavy atom. The quantitative estimate of drug-likeness (QED) is 0.458. The van der Waals surface area contributed by atoms with E-state index in [0.29, 0.717) is 26.3 Å². The van der Waals surface area contributed by atoms with Gasteiger partial charge in [-0.3, -0.25) is 10.1 Å². The molecule has 1 aromatic heterocycles. The third-order valence-corrected chi connectivity index (χ3v) is 2.53. The second kappa shape index (κ2) is 7.78. The smallest absolute Gasteiger partial charge is 0.353 e. The van der Waals surface area contributed by atoms with Crippen LogP contribution in [0.1, 0.15) is 6.92 Å². The lowest BCUT2D eigenvalue weighted by atomic mass is 10.3. The van der Waals surface area contributed by atoms with Gasteiger partial charge in [-0.1, -0.05) is 0 Å². The maximum atomic E-state index is 10.9. The van der Waals surface area contributed by atoms with Gasteiger partial charge in [0.05, 0.1) is 18.1 Å². The summed E-state index contributed by atoms with van der Waals surface area (Å²) >= 11 is 5.66. The minimum absolute atomic E-state index is 0.102. The minimum Gasteiger partial charge on any atom is -0.397 e. The molecule has 0 unspecified atom stereocenters. The monoisotopic (exact) mass is 305 g/mol. The van der Waals surface area contributed by atoms with Gasteiger partial charge in [-0.2, -0.15) is 9.97 Å². The molecule has 0 radical (unpaired) electrons. The molecule has 2 heterocycles. The summed E-state index contributed by atoms with van der Waals surface area (Å²) in [4.78, 5) is 19.5. The van der Waals surface area contributed by atoms with Crippen molar-refractivity contribution in [3.63, 3.8) is 0 Å². The Kier molecular flexibility index (Phi) is 6.36.